The van der Waals surface area contributed by atoms with Crippen LogP contribution >= 0.6 is 0 Å². The van der Waals surface area contributed by atoms with Crippen molar-refractivity contribution in [1.29, 1.82) is 0 Å². The maximum atomic E-state index is 9.60. The van der Waals surface area contributed by atoms with Gasteiger partial charge in [0.15, 0.2) is 0 Å². The molecule has 1 nitrogen and oxygen atoms in total. The van der Waals surface area contributed by atoms with Gasteiger partial charge in [-0.3, -0.25) is 0 Å². The zero-order chi connectivity index (χ0) is 8.01. The van der Waals surface area contributed by atoms with E-state index in [1.54, 1.807) is 5.57 Å². The molecular weight excluding hydrogens is 136 g/mol. The quantitative estimate of drug-likeness (QED) is 0.527. The second-order valence-corrected chi connectivity index (χ2v) is 4.14. The Labute approximate surface area is 68.1 Å². The summed E-state index contributed by atoms with van der Waals surface area (Å²) in [6.45, 7) is 4.36. The van der Waals surface area contributed by atoms with E-state index >= 15 is 0 Å². The Morgan fingerprint density at radius 3 is 2.36 bits per heavy atom. The lowest BCUT2D eigenvalue weighted by atomic mass is 9.98. The van der Waals surface area contributed by atoms with Crippen LogP contribution in [0.25, 0.3) is 0 Å². The fourth-order valence-corrected chi connectivity index (χ4v) is 2.87. The van der Waals surface area contributed by atoms with E-state index in [2.05, 4.69) is 13.8 Å². The lowest BCUT2D eigenvalue weighted by Crippen LogP contribution is -2.15. The van der Waals surface area contributed by atoms with E-state index in [1.807, 2.05) is 0 Å². The Balaban J connectivity index is 2.33. The van der Waals surface area contributed by atoms with Crippen molar-refractivity contribution in [2.75, 3.05) is 0 Å². The summed E-state index contributed by atoms with van der Waals surface area (Å²) in [6, 6.07) is 0. The molecule has 0 saturated heterocycles. The molecule has 2 aliphatic rings. The monoisotopic (exact) mass is 152 g/mol. The molecule has 2 aliphatic carbocycles. The van der Waals surface area contributed by atoms with Gasteiger partial charge in [-0.05, 0) is 39.0 Å². The summed E-state index contributed by atoms with van der Waals surface area (Å²) in [5.74, 6) is 1.27. The fraction of sp³-hybridized carbons (Fsp3) is 0.800. The normalized spacial score (nSPS) is 41.7. The van der Waals surface area contributed by atoms with Gasteiger partial charge in [0.25, 0.3) is 0 Å². The average molecular weight is 152 g/mol. The molecule has 3 atom stereocenters. The van der Waals surface area contributed by atoms with Crippen molar-refractivity contribution < 1.29 is 5.11 Å². The number of fused-ring (bicyclic) bond motifs is 2. The fourth-order valence-electron chi connectivity index (χ4n) is 2.87. The molecule has 0 radical (unpaired) electrons. The Morgan fingerprint density at radius 2 is 2.09 bits per heavy atom. The second kappa shape index (κ2) is 2.34. The van der Waals surface area contributed by atoms with E-state index in [-0.39, 0.29) is 6.10 Å². The first kappa shape index (κ1) is 7.35. The van der Waals surface area contributed by atoms with Crippen LogP contribution in [0.4, 0.5) is 0 Å². The van der Waals surface area contributed by atoms with Gasteiger partial charge in [-0.15, -0.1) is 0 Å². The largest absolute Gasteiger partial charge is 0.392 e. The highest BCUT2D eigenvalue weighted by Gasteiger charge is 2.43. The third-order valence-electron chi connectivity index (χ3n) is 3.23. The average Bonchev–Trinajstić information content (AvgIpc) is 2.41. The summed E-state index contributed by atoms with van der Waals surface area (Å²) in [6.07, 6.45) is 3.57. The number of rotatable bonds is 0. The number of aliphatic hydroxyl groups is 1. The smallest absolute Gasteiger partial charge is 0.0611 e. The van der Waals surface area contributed by atoms with Crippen molar-refractivity contribution in [3.05, 3.63) is 11.1 Å². The maximum Gasteiger partial charge on any atom is 0.0611 e. The van der Waals surface area contributed by atoms with E-state index in [1.165, 1.54) is 18.4 Å². The molecule has 3 unspecified atom stereocenters. The minimum Gasteiger partial charge on any atom is -0.392 e. The molecule has 1 N–H and O–H groups in total. The van der Waals surface area contributed by atoms with Crippen LogP contribution in [0, 0.1) is 11.8 Å². The van der Waals surface area contributed by atoms with Crippen LogP contribution in [-0.4, -0.2) is 11.2 Å². The summed E-state index contributed by atoms with van der Waals surface area (Å²) in [4.78, 5) is 0. The van der Waals surface area contributed by atoms with Crippen LogP contribution in [0.2, 0.25) is 0 Å². The molecule has 0 aromatic heterocycles. The molecule has 0 heterocycles. The van der Waals surface area contributed by atoms with Gasteiger partial charge in [-0.1, -0.05) is 11.1 Å². The van der Waals surface area contributed by atoms with Crippen LogP contribution in [-0.2, 0) is 0 Å². The van der Waals surface area contributed by atoms with Gasteiger partial charge < -0.3 is 5.11 Å². The Kier molecular flexibility index (Phi) is 1.57. The van der Waals surface area contributed by atoms with Crippen LogP contribution in [0.15, 0.2) is 11.1 Å². The lowest BCUT2D eigenvalue weighted by Gasteiger charge is -2.14. The minimum absolute atomic E-state index is 0.0151. The van der Waals surface area contributed by atoms with E-state index in [9.17, 15) is 5.11 Å². The predicted octanol–water partition coefficient (Wildman–Crippen LogP) is 2.11. The minimum atomic E-state index is -0.0151. The topological polar surface area (TPSA) is 20.2 Å². The highest BCUT2D eigenvalue weighted by Crippen LogP contribution is 2.50. The van der Waals surface area contributed by atoms with Crippen molar-refractivity contribution >= 4 is 0 Å². The molecule has 2 bridgehead atoms. The van der Waals surface area contributed by atoms with Gasteiger partial charge in [0.1, 0.15) is 0 Å². The van der Waals surface area contributed by atoms with Crippen LogP contribution in [0.1, 0.15) is 33.1 Å². The van der Waals surface area contributed by atoms with E-state index in [0.717, 1.165) is 12.3 Å². The summed E-state index contributed by atoms with van der Waals surface area (Å²) in [7, 11) is 0. The zero-order valence-electron chi connectivity index (χ0n) is 7.30. The molecule has 62 valence electrons. The highest BCUT2D eigenvalue weighted by molar-refractivity contribution is 5.26. The molecule has 1 heteroatoms. The molecule has 0 amide bonds. The predicted molar refractivity (Wildman–Crippen MR) is 45.2 cm³/mol. The number of allylic oxidation sites excluding steroid dienone is 1. The SMILES string of the molecule is CC(C)=C1C2CCC1C(O)C2. The molecule has 11 heavy (non-hydrogen) atoms. The van der Waals surface area contributed by atoms with Crippen molar-refractivity contribution in [3.63, 3.8) is 0 Å². The molecule has 0 aromatic rings. The molecule has 0 aromatic carbocycles. The first-order valence-electron chi connectivity index (χ1n) is 4.55. The third-order valence-corrected chi connectivity index (χ3v) is 3.23. The van der Waals surface area contributed by atoms with Crippen LogP contribution in [0.3, 0.4) is 0 Å². The highest BCUT2D eigenvalue weighted by atomic mass is 16.3. The van der Waals surface area contributed by atoms with Gasteiger partial charge in [-0.25, -0.2) is 0 Å². The van der Waals surface area contributed by atoms with Crippen molar-refractivity contribution in [1.82, 2.24) is 0 Å². The molecular formula is C10H16O. The molecule has 2 fully saturated rings. The number of aliphatic hydroxyl groups excluding tert-OH is 1. The van der Waals surface area contributed by atoms with Gasteiger partial charge in [0.05, 0.1) is 6.10 Å². The standard InChI is InChI=1S/C10H16O/c1-6(2)10-7-3-4-8(10)9(11)5-7/h7-9,11H,3-5H2,1-2H3. The van der Waals surface area contributed by atoms with Gasteiger partial charge in [0.2, 0.25) is 0 Å². The van der Waals surface area contributed by atoms with E-state index in [0.29, 0.717) is 5.92 Å². The molecule has 2 rings (SSSR count). The lowest BCUT2D eigenvalue weighted by molar-refractivity contribution is 0.117. The van der Waals surface area contributed by atoms with Gasteiger partial charge in [-0.2, -0.15) is 0 Å². The van der Waals surface area contributed by atoms with Gasteiger partial charge in [0, 0.05) is 5.92 Å². The Bertz CT molecular complexity index is 201. The summed E-state index contributed by atoms with van der Waals surface area (Å²) in [5.41, 5.74) is 3.03. The maximum absolute atomic E-state index is 9.60. The van der Waals surface area contributed by atoms with Gasteiger partial charge >= 0.3 is 0 Å². The van der Waals surface area contributed by atoms with E-state index < -0.39 is 0 Å². The third kappa shape index (κ3) is 0.943. The molecule has 2 saturated carbocycles. The Hall–Kier alpha value is -0.300. The first-order chi connectivity index (χ1) is 5.20. The van der Waals surface area contributed by atoms with Crippen LogP contribution in [0.5, 0.6) is 0 Å². The Morgan fingerprint density at radius 1 is 1.36 bits per heavy atom. The zero-order valence-corrected chi connectivity index (χ0v) is 7.30. The van der Waals surface area contributed by atoms with Crippen molar-refractivity contribution in [3.8, 4) is 0 Å². The summed E-state index contributed by atoms with van der Waals surface area (Å²) < 4.78 is 0. The molecule has 0 aliphatic heterocycles. The van der Waals surface area contributed by atoms with Crippen molar-refractivity contribution in [2.45, 2.75) is 39.2 Å². The first-order valence-corrected chi connectivity index (χ1v) is 4.55. The summed E-state index contributed by atoms with van der Waals surface area (Å²) in [5, 5.41) is 9.60. The summed E-state index contributed by atoms with van der Waals surface area (Å²) >= 11 is 0. The number of hydrogen-bond acceptors (Lipinski definition) is 1. The van der Waals surface area contributed by atoms with E-state index in [4.69, 9.17) is 0 Å². The number of hydrogen-bond donors (Lipinski definition) is 1. The van der Waals surface area contributed by atoms with Crippen molar-refractivity contribution in [2.24, 2.45) is 11.8 Å². The second-order valence-electron chi connectivity index (χ2n) is 4.14. The van der Waals surface area contributed by atoms with Crippen LogP contribution < -0.4 is 0 Å². The molecule has 0 spiro atoms.